The van der Waals surface area contributed by atoms with Gasteiger partial charge in [-0.25, -0.2) is 0 Å². The van der Waals surface area contributed by atoms with Crippen molar-refractivity contribution < 1.29 is 0 Å². The fourth-order valence-corrected chi connectivity index (χ4v) is 2.06. The number of hydrogen-bond donors (Lipinski definition) is 1. The molecule has 1 atom stereocenters. The molecule has 0 saturated heterocycles. The van der Waals surface area contributed by atoms with Gasteiger partial charge in [0.2, 0.25) is 0 Å². The van der Waals surface area contributed by atoms with E-state index in [-0.39, 0.29) is 0 Å². The zero-order valence-corrected chi connectivity index (χ0v) is 10.7. The molecule has 2 nitrogen and oxygen atoms in total. The first-order chi connectivity index (χ1) is 7.13. The van der Waals surface area contributed by atoms with E-state index in [1.165, 1.54) is 38.8 Å². The molecular weight excluding hydrogens is 184 g/mol. The normalized spacial score (nSPS) is 18.8. The van der Waals surface area contributed by atoms with Crippen LogP contribution in [-0.2, 0) is 0 Å². The van der Waals surface area contributed by atoms with Crippen LogP contribution in [0.4, 0.5) is 0 Å². The van der Waals surface area contributed by atoms with Gasteiger partial charge < -0.3 is 10.6 Å². The summed E-state index contributed by atoms with van der Waals surface area (Å²) in [6.45, 7) is 10.3. The molecule has 1 saturated carbocycles. The van der Waals surface area contributed by atoms with Crippen LogP contribution in [0.25, 0.3) is 0 Å². The third kappa shape index (κ3) is 5.53. The molecular formula is C13H28N2. The summed E-state index contributed by atoms with van der Waals surface area (Å²) in [7, 11) is 0. The largest absolute Gasteiger partial charge is 0.330 e. The van der Waals surface area contributed by atoms with Gasteiger partial charge in [0.1, 0.15) is 0 Å². The number of nitrogens with zero attached hydrogens (tertiary/aromatic N) is 1. The van der Waals surface area contributed by atoms with Crippen molar-refractivity contribution in [3.05, 3.63) is 0 Å². The van der Waals surface area contributed by atoms with Gasteiger partial charge in [-0.1, -0.05) is 20.8 Å². The summed E-state index contributed by atoms with van der Waals surface area (Å²) in [6.07, 6.45) is 5.36. The first kappa shape index (κ1) is 13.0. The van der Waals surface area contributed by atoms with E-state index >= 15 is 0 Å². The van der Waals surface area contributed by atoms with Gasteiger partial charge in [-0.15, -0.1) is 0 Å². The van der Waals surface area contributed by atoms with E-state index in [1.807, 2.05) is 0 Å². The predicted molar refractivity (Wildman–Crippen MR) is 66.9 cm³/mol. The van der Waals surface area contributed by atoms with E-state index in [4.69, 9.17) is 5.73 Å². The second kappa shape index (κ2) is 6.49. The molecule has 0 radical (unpaired) electrons. The van der Waals surface area contributed by atoms with Crippen LogP contribution >= 0.6 is 0 Å². The van der Waals surface area contributed by atoms with Crippen LogP contribution in [0.2, 0.25) is 0 Å². The first-order valence-electron chi connectivity index (χ1n) is 6.57. The minimum Gasteiger partial charge on any atom is -0.330 e. The average molecular weight is 212 g/mol. The molecule has 0 aromatic carbocycles. The van der Waals surface area contributed by atoms with E-state index in [9.17, 15) is 0 Å². The highest BCUT2D eigenvalue weighted by molar-refractivity contribution is 4.85. The monoisotopic (exact) mass is 212 g/mol. The Kier molecular flexibility index (Phi) is 5.62. The van der Waals surface area contributed by atoms with Crippen molar-refractivity contribution in [3.63, 3.8) is 0 Å². The van der Waals surface area contributed by atoms with Crippen LogP contribution < -0.4 is 5.73 Å². The van der Waals surface area contributed by atoms with Gasteiger partial charge in [-0.2, -0.15) is 0 Å². The highest BCUT2D eigenvalue weighted by Crippen LogP contribution is 2.28. The van der Waals surface area contributed by atoms with Crippen molar-refractivity contribution in [2.24, 2.45) is 17.6 Å². The van der Waals surface area contributed by atoms with Crippen molar-refractivity contribution in [2.75, 3.05) is 19.6 Å². The SMILES string of the molecule is CC(C)CCN(CC(C)CCN)C1CC1. The van der Waals surface area contributed by atoms with Gasteiger partial charge in [-0.05, 0) is 50.6 Å². The Morgan fingerprint density at radius 2 is 1.87 bits per heavy atom. The van der Waals surface area contributed by atoms with E-state index in [2.05, 4.69) is 25.7 Å². The van der Waals surface area contributed by atoms with Crippen LogP contribution in [-0.4, -0.2) is 30.6 Å². The van der Waals surface area contributed by atoms with Gasteiger partial charge in [0.05, 0.1) is 0 Å². The predicted octanol–water partition coefficient (Wildman–Crippen LogP) is 2.48. The summed E-state index contributed by atoms with van der Waals surface area (Å²) >= 11 is 0. The fourth-order valence-electron chi connectivity index (χ4n) is 2.06. The summed E-state index contributed by atoms with van der Waals surface area (Å²) in [5, 5.41) is 0. The van der Waals surface area contributed by atoms with Gasteiger partial charge in [0, 0.05) is 12.6 Å². The lowest BCUT2D eigenvalue weighted by molar-refractivity contribution is 0.212. The zero-order chi connectivity index (χ0) is 11.3. The Labute approximate surface area is 95.2 Å². The van der Waals surface area contributed by atoms with Crippen molar-refractivity contribution in [2.45, 2.75) is 52.5 Å². The van der Waals surface area contributed by atoms with Crippen LogP contribution in [0.1, 0.15) is 46.5 Å². The zero-order valence-electron chi connectivity index (χ0n) is 10.7. The third-order valence-corrected chi connectivity index (χ3v) is 3.26. The molecule has 2 N–H and O–H groups in total. The Hall–Kier alpha value is -0.0800. The van der Waals surface area contributed by atoms with E-state index < -0.39 is 0 Å². The lowest BCUT2D eigenvalue weighted by Gasteiger charge is -2.26. The lowest BCUT2D eigenvalue weighted by Crippen LogP contribution is -2.33. The highest BCUT2D eigenvalue weighted by Gasteiger charge is 2.29. The van der Waals surface area contributed by atoms with Crippen molar-refractivity contribution >= 4 is 0 Å². The third-order valence-electron chi connectivity index (χ3n) is 3.26. The first-order valence-corrected chi connectivity index (χ1v) is 6.57. The van der Waals surface area contributed by atoms with Gasteiger partial charge >= 0.3 is 0 Å². The van der Waals surface area contributed by atoms with Gasteiger partial charge in [0.15, 0.2) is 0 Å². The molecule has 2 heteroatoms. The molecule has 0 aliphatic heterocycles. The molecule has 15 heavy (non-hydrogen) atoms. The quantitative estimate of drug-likeness (QED) is 0.670. The van der Waals surface area contributed by atoms with Gasteiger partial charge in [-0.3, -0.25) is 0 Å². The van der Waals surface area contributed by atoms with Crippen molar-refractivity contribution in [1.82, 2.24) is 4.90 Å². The molecule has 1 aliphatic rings. The summed E-state index contributed by atoms with van der Waals surface area (Å²) in [6, 6.07) is 0.906. The number of hydrogen-bond acceptors (Lipinski definition) is 2. The summed E-state index contributed by atoms with van der Waals surface area (Å²) < 4.78 is 0. The Morgan fingerprint density at radius 1 is 1.20 bits per heavy atom. The van der Waals surface area contributed by atoms with E-state index in [0.717, 1.165) is 24.4 Å². The Balaban J connectivity index is 2.23. The molecule has 1 unspecified atom stereocenters. The van der Waals surface area contributed by atoms with Crippen LogP contribution in [0.3, 0.4) is 0 Å². The molecule has 90 valence electrons. The Morgan fingerprint density at radius 3 is 2.33 bits per heavy atom. The fraction of sp³-hybridized carbons (Fsp3) is 1.00. The summed E-state index contributed by atoms with van der Waals surface area (Å²) in [4.78, 5) is 2.69. The maximum Gasteiger partial charge on any atom is 0.00965 e. The molecule has 0 aromatic rings. The molecule has 0 bridgehead atoms. The maximum absolute atomic E-state index is 5.60. The molecule has 0 heterocycles. The van der Waals surface area contributed by atoms with Gasteiger partial charge in [0.25, 0.3) is 0 Å². The smallest absolute Gasteiger partial charge is 0.00965 e. The molecule has 0 amide bonds. The minimum atomic E-state index is 0.766. The molecule has 1 rings (SSSR count). The second-order valence-electron chi connectivity index (χ2n) is 5.59. The standard InChI is InChI=1S/C13H28N2/c1-11(2)7-9-15(13-4-5-13)10-12(3)6-8-14/h11-13H,4-10,14H2,1-3H3. The van der Waals surface area contributed by atoms with Crippen LogP contribution in [0.5, 0.6) is 0 Å². The lowest BCUT2D eigenvalue weighted by atomic mass is 10.1. The number of rotatable bonds is 8. The van der Waals surface area contributed by atoms with Crippen molar-refractivity contribution in [1.29, 1.82) is 0 Å². The van der Waals surface area contributed by atoms with Crippen LogP contribution in [0, 0.1) is 11.8 Å². The van der Waals surface area contributed by atoms with Crippen molar-refractivity contribution in [3.8, 4) is 0 Å². The maximum atomic E-state index is 5.60. The van der Waals surface area contributed by atoms with E-state index in [0.29, 0.717) is 0 Å². The second-order valence-corrected chi connectivity index (χ2v) is 5.59. The van der Waals surface area contributed by atoms with E-state index in [1.54, 1.807) is 0 Å². The average Bonchev–Trinajstić information content (AvgIpc) is 2.95. The summed E-state index contributed by atoms with van der Waals surface area (Å²) in [5.41, 5.74) is 5.60. The van der Waals surface area contributed by atoms with Crippen LogP contribution in [0.15, 0.2) is 0 Å². The Bertz CT molecular complexity index is 164. The highest BCUT2D eigenvalue weighted by atomic mass is 15.2. The molecule has 0 aromatic heterocycles. The topological polar surface area (TPSA) is 29.3 Å². The molecule has 1 fully saturated rings. The summed E-state index contributed by atoms with van der Waals surface area (Å²) in [5.74, 6) is 1.60. The molecule has 1 aliphatic carbocycles. The minimum absolute atomic E-state index is 0.766. The number of nitrogens with two attached hydrogens (primary N) is 1. The molecule has 0 spiro atoms.